The van der Waals surface area contributed by atoms with E-state index in [1.165, 1.54) is 0 Å². The van der Waals surface area contributed by atoms with E-state index in [-0.39, 0.29) is 6.67 Å². The molecule has 2 aromatic carbocycles. The largest absolute Gasteiger partial charge is 0.350 e. The third kappa shape index (κ3) is 3.42. The molecule has 0 fully saturated rings. The normalized spacial score (nSPS) is 9.68. The van der Waals surface area contributed by atoms with E-state index in [9.17, 15) is 4.91 Å². The number of nitrogens with zero attached hydrogens (tertiary/aromatic N) is 1. The molecule has 0 aliphatic carbocycles. The molecule has 0 bridgehead atoms. The van der Waals surface area contributed by atoms with Gasteiger partial charge >= 0.3 is 0 Å². The van der Waals surface area contributed by atoms with Crippen molar-refractivity contribution in [2.75, 3.05) is 12.0 Å². The minimum Gasteiger partial charge on any atom is -0.350 e. The number of anilines is 1. The van der Waals surface area contributed by atoms with Gasteiger partial charge < -0.3 is 10.6 Å². The van der Waals surface area contributed by atoms with Crippen LogP contribution in [0, 0.1) is 4.91 Å². The first-order chi connectivity index (χ1) is 9.31. The molecule has 19 heavy (non-hydrogen) atoms. The number of hydrogen-bond donors (Lipinski definition) is 2. The Bertz CT molecular complexity index is 567. The molecular weight excluding hydrogens is 238 g/mol. The molecule has 0 amide bonds. The Morgan fingerprint density at radius 3 is 2.47 bits per heavy atom. The Hall–Kier alpha value is -2.62. The lowest BCUT2D eigenvalue weighted by Crippen LogP contribution is -2.18. The highest BCUT2D eigenvalue weighted by molar-refractivity contribution is 5.78. The average Bonchev–Trinajstić information content (AvgIpc) is 2.46. The van der Waals surface area contributed by atoms with Crippen LogP contribution in [0.5, 0.6) is 0 Å². The molecule has 0 unspecified atom stereocenters. The van der Waals surface area contributed by atoms with Crippen molar-refractivity contribution in [1.82, 2.24) is 5.32 Å². The van der Waals surface area contributed by atoms with Gasteiger partial charge in [-0.2, -0.15) is 0 Å². The molecule has 0 atom stereocenters. The summed E-state index contributed by atoms with van der Waals surface area (Å²) in [5.41, 5.74) is 3.12. The van der Waals surface area contributed by atoms with Crippen molar-refractivity contribution >= 4 is 5.69 Å². The Morgan fingerprint density at radius 2 is 1.74 bits per heavy atom. The van der Waals surface area contributed by atoms with E-state index >= 15 is 0 Å². The quantitative estimate of drug-likeness (QED) is 0.774. The number of nitrogens with one attached hydrogen (secondary N) is 2. The number of nitroso groups, excluding NO2 is 1. The number of rotatable bonds is 6. The lowest BCUT2D eigenvalue weighted by Gasteiger charge is -2.14. The number of hydrogen-bond acceptors (Lipinski definition) is 4. The van der Waals surface area contributed by atoms with E-state index in [4.69, 9.17) is 0 Å². The summed E-state index contributed by atoms with van der Waals surface area (Å²) >= 11 is 0. The third-order valence-electron chi connectivity index (χ3n) is 2.65. The fourth-order valence-corrected chi connectivity index (χ4v) is 1.80. The van der Waals surface area contributed by atoms with Crippen molar-refractivity contribution in [3.63, 3.8) is 0 Å². The Kier molecular flexibility index (Phi) is 4.29. The zero-order valence-corrected chi connectivity index (χ0v) is 10.5. The maximum Gasteiger partial charge on any atom is 0.151 e. The summed E-state index contributed by atoms with van der Waals surface area (Å²) in [6.45, 7) is 3.80. The molecule has 0 aromatic heterocycles. The van der Waals surface area contributed by atoms with Gasteiger partial charge in [-0.25, -0.2) is 0 Å². The summed E-state index contributed by atoms with van der Waals surface area (Å²) in [4.78, 5) is 10.1. The van der Waals surface area contributed by atoms with Crippen LogP contribution in [-0.2, 0) is 0 Å². The van der Waals surface area contributed by atoms with Crippen LogP contribution >= 0.6 is 0 Å². The van der Waals surface area contributed by atoms with Gasteiger partial charge in [-0.1, -0.05) is 55.1 Å². The molecule has 2 aromatic rings. The second-order valence-corrected chi connectivity index (χ2v) is 3.98. The van der Waals surface area contributed by atoms with Gasteiger partial charge in [-0.15, -0.1) is 4.91 Å². The lowest BCUT2D eigenvalue weighted by molar-refractivity contribution is 0.831. The van der Waals surface area contributed by atoms with Crippen LogP contribution in [0.4, 0.5) is 5.69 Å². The van der Waals surface area contributed by atoms with Crippen LogP contribution in [0.1, 0.15) is 0 Å². The van der Waals surface area contributed by atoms with Gasteiger partial charge in [0.25, 0.3) is 0 Å². The van der Waals surface area contributed by atoms with Gasteiger partial charge in [-0.3, -0.25) is 0 Å². The van der Waals surface area contributed by atoms with Crippen molar-refractivity contribution in [2.45, 2.75) is 0 Å². The van der Waals surface area contributed by atoms with E-state index in [1.54, 1.807) is 0 Å². The standard InChI is InChI=1S/C15H15N3O/c1-12(16-11-17-19)18-15-10-6-5-9-14(15)13-7-3-2-4-8-13/h2-10,16,18H,1,11H2. The van der Waals surface area contributed by atoms with Gasteiger partial charge in [-0.05, 0) is 16.8 Å². The van der Waals surface area contributed by atoms with Crippen molar-refractivity contribution in [1.29, 1.82) is 0 Å². The zero-order valence-electron chi connectivity index (χ0n) is 10.5. The van der Waals surface area contributed by atoms with Crippen molar-refractivity contribution in [2.24, 2.45) is 5.18 Å². The van der Waals surface area contributed by atoms with Crippen LogP contribution in [0.2, 0.25) is 0 Å². The molecule has 96 valence electrons. The van der Waals surface area contributed by atoms with Gasteiger partial charge in [0.1, 0.15) is 0 Å². The van der Waals surface area contributed by atoms with Gasteiger partial charge in [0.05, 0.1) is 5.82 Å². The summed E-state index contributed by atoms with van der Waals surface area (Å²) in [5.74, 6) is 0.544. The van der Waals surface area contributed by atoms with Crippen LogP contribution in [-0.4, -0.2) is 6.67 Å². The topological polar surface area (TPSA) is 53.5 Å². The van der Waals surface area contributed by atoms with E-state index in [2.05, 4.69) is 22.4 Å². The zero-order chi connectivity index (χ0) is 13.5. The fraction of sp³-hybridized carbons (Fsp3) is 0.0667. The summed E-state index contributed by atoms with van der Waals surface area (Å²) < 4.78 is 0. The molecule has 2 rings (SSSR count). The molecule has 0 aliphatic rings. The smallest absolute Gasteiger partial charge is 0.151 e. The lowest BCUT2D eigenvalue weighted by atomic mass is 10.0. The summed E-state index contributed by atoms with van der Waals surface area (Å²) in [5, 5.41) is 8.65. The maximum absolute atomic E-state index is 10.1. The molecule has 0 heterocycles. The Balaban J connectivity index is 2.22. The summed E-state index contributed by atoms with van der Waals surface area (Å²) in [7, 11) is 0. The molecule has 0 spiro atoms. The van der Waals surface area contributed by atoms with Crippen molar-refractivity contribution in [3.05, 3.63) is 71.9 Å². The molecule has 4 nitrogen and oxygen atoms in total. The monoisotopic (exact) mass is 253 g/mol. The minimum absolute atomic E-state index is 0.000658. The number of benzene rings is 2. The Labute approximate surface area is 112 Å². The highest BCUT2D eigenvalue weighted by atomic mass is 16.3. The summed E-state index contributed by atoms with van der Waals surface area (Å²) in [6, 6.07) is 18.0. The van der Waals surface area contributed by atoms with E-state index in [0.29, 0.717) is 5.82 Å². The number of para-hydroxylation sites is 1. The molecule has 0 saturated heterocycles. The van der Waals surface area contributed by atoms with Crippen LogP contribution in [0.3, 0.4) is 0 Å². The first kappa shape index (κ1) is 12.8. The SMILES string of the molecule is C=C(NCN=O)Nc1ccccc1-c1ccccc1. The third-order valence-corrected chi connectivity index (χ3v) is 2.65. The van der Waals surface area contributed by atoms with Gasteiger partial charge in [0, 0.05) is 11.3 Å². The minimum atomic E-state index is -0.000658. The molecule has 0 aliphatic heterocycles. The first-order valence-corrected chi connectivity index (χ1v) is 5.94. The van der Waals surface area contributed by atoms with Crippen molar-refractivity contribution < 1.29 is 0 Å². The molecular formula is C15H15N3O. The van der Waals surface area contributed by atoms with Gasteiger partial charge in [0.15, 0.2) is 6.67 Å². The van der Waals surface area contributed by atoms with Gasteiger partial charge in [0.2, 0.25) is 0 Å². The predicted molar refractivity (Wildman–Crippen MR) is 78.4 cm³/mol. The first-order valence-electron chi connectivity index (χ1n) is 5.94. The van der Waals surface area contributed by atoms with E-state index in [0.717, 1.165) is 16.8 Å². The van der Waals surface area contributed by atoms with Crippen LogP contribution < -0.4 is 10.6 Å². The molecule has 2 N–H and O–H groups in total. The molecule has 0 radical (unpaired) electrons. The van der Waals surface area contributed by atoms with E-state index < -0.39 is 0 Å². The molecule has 4 heteroatoms. The fourth-order valence-electron chi connectivity index (χ4n) is 1.80. The predicted octanol–water partition coefficient (Wildman–Crippen LogP) is 3.55. The van der Waals surface area contributed by atoms with E-state index in [1.807, 2.05) is 54.6 Å². The molecule has 0 saturated carbocycles. The van der Waals surface area contributed by atoms with Crippen molar-refractivity contribution in [3.8, 4) is 11.1 Å². The average molecular weight is 253 g/mol. The second kappa shape index (κ2) is 6.35. The van der Waals surface area contributed by atoms with Crippen LogP contribution in [0.25, 0.3) is 11.1 Å². The second-order valence-electron chi connectivity index (χ2n) is 3.98. The highest BCUT2D eigenvalue weighted by Gasteiger charge is 2.04. The highest BCUT2D eigenvalue weighted by Crippen LogP contribution is 2.27. The maximum atomic E-state index is 10.1. The van der Waals surface area contributed by atoms with Crippen LogP contribution in [0.15, 0.2) is 72.2 Å². The summed E-state index contributed by atoms with van der Waals surface area (Å²) in [6.07, 6.45) is 0. The Morgan fingerprint density at radius 1 is 1.05 bits per heavy atom.